The van der Waals surface area contributed by atoms with Crippen LogP contribution in [-0.2, 0) is 20.7 Å². The van der Waals surface area contributed by atoms with Gasteiger partial charge < -0.3 is 23.7 Å². The highest BCUT2D eigenvalue weighted by Gasteiger charge is 2.35. The second-order valence-electron chi connectivity index (χ2n) is 9.36. The second kappa shape index (κ2) is 14.0. The Hall–Kier alpha value is -2.64. The number of hydrogen-bond acceptors (Lipinski definition) is 7. The van der Waals surface area contributed by atoms with E-state index in [0.717, 1.165) is 69.8 Å². The Morgan fingerprint density at radius 2 is 1.54 bits per heavy atom. The average molecular weight is 492 g/mol. The molecule has 1 aromatic rings. The summed E-state index contributed by atoms with van der Waals surface area (Å²) in [5.74, 6) is 1.57. The lowest BCUT2D eigenvalue weighted by Crippen LogP contribution is -2.49. The van der Waals surface area contributed by atoms with Gasteiger partial charge in [0.1, 0.15) is 12.1 Å². The van der Waals surface area contributed by atoms with Crippen molar-refractivity contribution in [2.24, 2.45) is 0 Å². The number of hydrogen-bond donors (Lipinski definition) is 0. The van der Waals surface area contributed by atoms with Crippen LogP contribution in [0.3, 0.4) is 0 Å². The van der Waals surface area contributed by atoms with Crippen LogP contribution in [0, 0.1) is 0 Å². The largest absolute Gasteiger partial charge is 0.493 e. The van der Waals surface area contributed by atoms with E-state index in [1.807, 2.05) is 12.1 Å². The quantitative estimate of drug-likeness (QED) is 0.307. The Bertz CT molecular complexity index is 797. The number of esters is 1. The topological polar surface area (TPSA) is 83.5 Å². The molecule has 3 rings (SSSR count). The molecule has 1 aliphatic carbocycles. The van der Waals surface area contributed by atoms with Gasteiger partial charge in [-0.15, -0.1) is 0 Å². The van der Waals surface area contributed by atoms with Gasteiger partial charge in [0, 0.05) is 6.54 Å². The molecule has 1 amide bonds. The van der Waals surface area contributed by atoms with Crippen molar-refractivity contribution in [3.8, 4) is 17.2 Å². The minimum absolute atomic E-state index is 0.0134. The van der Waals surface area contributed by atoms with Gasteiger partial charge in [0.25, 0.3) is 0 Å². The fourth-order valence-electron chi connectivity index (χ4n) is 4.95. The summed E-state index contributed by atoms with van der Waals surface area (Å²) in [4.78, 5) is 27.1. The first-order chi connectivity index (χ1) is 17.1. The number of unbranched alkanes of at least 4 members (excludes halogenated alkanes) is 2. The highest BCUT2D eigenvalue weighted by molar-refractivity contribution is 5.81. The molecule has 8 nitrogen and oxygen atoms in total. The smallest absolute Gasteiger partial charge is 0.410 e. The molecular formula is C27H41NO7. The van der Waals surface area contributed by atoms with Gasteiger partial charge in [-0.05, 0) is 88.3 Å². The van der Waals surface area contributed by atoms with Crippen LogP contribution >= 0.6 is 0 Å². The van der Waals surface area contributed by atoms with Crippen molar-refractivity contribution in [3.63, 3.8) is 0 Å². The Kier molecular flexibility index (Phi) is 10.8. The van der Waals surface area contributed by atoms with E-state index in [9.17, 15) is 9.59 Å². The first-order valence-electron chi connectivity index (χ1n) is 13.0. The van der Waals surface area contributed by atoms with Crippen LogP contribution in [-0.4, -0.2) is 63.6 Å². The molecule has 0 bridgehead atoms. The molecule has 1 saturated heterocycles. The van der Waals surface area contributed by atoms with Crippen molar-refractivity contribution in [1.82, 2.24) is 4.90 Å². The lowest BCUT2D eigenvalue weighted by Gasteiger charge is -2.34. The van der Waals surface area contributed by atoms with Gasteiger partial charge in [0.05, 0.1) is 27.9 Å². The molecule has 0 N–H and O–H groups in total. The lowest BCUT2D eigenvalue weighted by atomic mass is 9.98. The first-order valence-corrected chi connectivity index (χ1v) is 13.0. The second-order valence-corrected chi connectivity index (χ2v) is 9.36. The zero-order chi connectivity index (χ0) is 25.0. The van der Waals surface area contributed by atoms with Gasteiger partial charge in [-0.1, -0.05) is 6.42 Å². The molecule has 0 spiro atoms. The van der Waals surface area contributed by atoms with Crippen LogP contribution in [0.2, 0.25) is 0 Å². The number of aryl methyl sites for hydroxylation is 1. The number of likely N-dealkylation sites (tertiary alicyclic amines) is 1. The number of carbonyl (C=O) groups excluding carboxylic acids is 2. The number of nitrogens with zero attached hydrogens (tertiary/aromatic N) is 1. The van der Waals surface area contributed by atoms with Crippen LogP contribution in [0.1, 0.15) is 76.2 Å². The SMILES string of the molecule is COc1cc(CCCCCOC(=O)C2CCCCN2C(=O)OC2CCCCC2)cc(OC)c1OC. The molecule has 1 aliphatic heterocycles. The highest BCUT2D eigenvalue weighted by Crippen LogP contribution is 2.38. The number of amides is 1. The van der Waals surface area contributed by atoms with E-state index in [4.69, 9.17) is 23.7 Å². The van der Waals surface area contributed by atoms with E-state index in [-0.39, 0.29) is 18.2 Å². The average Bonchev–Trinajstić information content (AvgIpc) is 2.90. The summed E-state index contributed by atoms with van der Waals surface area (Å²) in [5, 5.41) is 0. The van der Waals surface area contributed by atoms with Gasteiger partial charge in [-0.3, -0.25) is 4.90 Å². The first kappa shape index (κ1) is 27.0. The summed E-state index contributed by atoms with van der Waals surface area (Å²) in [6, 6.07) is 3.40. The zero-order valence-electron chi connectivity index (χ0n) is 21.5. The molecule has 0 radical (unpaired) electrons. The number of rotatable bonds is 11. The van der Waals surface area contributed by atoms with Gasteiger partial charge in [0.15, 0.2) is 11.5 Å². The molecular weight excluding hydrogens is 450 g/mol. The fourth-order valence-corrected chi connectivity index (χ4v) is 4.95. The Balaban J connectivity index is 1.40. The predicted octanol–water partition coefficient (Wildman–Crippen LogP) is 5.29. The summed E-state index contributed by atoms with van der Waals surface area (Å²) in [7, 11) is 4.81. The summed E-state index contributed by atoms with van der Waals surface area (Å²) in [5.41, 5.74) is 1.10. The molecule has 35 heavy (non-hydrogen) atoms. The molecule has 2 fully saturated rings. The van der Waals surface area contributed by atoms with Gasteiger partial charge in [-0.2, -0.15) is 0 Å². The molecule has 8 heteroatoms. The Morgan fingerprint density at radius 1 is 0.857 bits per heavy atom. The van der Waals surface area contributed by atoms with E-state index < -0.39 is 6.04 Å². The van der Waals surface area contributed by atoms with Crippen molar-refractivity contribution < 1.29 is 33.3 Å². The number of methoxy groups -OCH3 is 3. The molecule has 196 valence electrons. The summed E-state index contributed by atoms with van der Waals surface area (Å²) in [6.07, 6.45) is 10.8. The van der Waals surface area contributed by atoms with Crippen molar-refractivity contribution in [2.75, 3.05) is 34.5 Å². The van der Waals surface area contributed by atoms with Crippen LogP contribution in [0.15, 0.2) is 12.1 Å². The van der Waals surface area contributed by atoms with Crippen molar-refractivity contribution in [2.45, 2.75) is 89.2 Å². The van der Waals surface area contributed by atoms with Crippen LogP contribution in [0.4, 0.5) is 4.79 Å². The number of benzene rings is 1. The van der Waals surface area contributed by atoms with Crippen molar-refractivity contribution in [1.29, 1.82) is 0 Å². The maximum Gasteiger partial charge on any atom is 0.410 e. The fraction of sp³-hybridized carbons (Fsp3) is 0.704. The third-order valence-corrected chi connectivity index (χ3v) is 6.91. The molecule has 1 saturated carbocycles. The molecule has 0 aromatic heterocycles. The summed E-state index contributed by atoms with van der Waals surface area (Å²) in [6.45, 7) is 0.913. The number of carbonyl (C=O) groups is 2. The number of ether oxygens (including phenoxy) is 5. The number of piperidine rings is 1. The summed E-state index contributed by atoms with van der Waals surface area (Å²) < 4.78 is 27.5. The van der Waals surface area contributed by atoms with Gasteiger partial charge >= 0.3 is 12.1 Å². The van der Waals surface area contributed by atoms with E-state index in [1.165, 1.54) is 6.42 Å². The Labute approximate surface area is 209 Å². The minimum Gasteiger partial charge on any atom is -0.493 e. The van der Waals surface area contributed by atoms with E-state index in [0.29, 0.717) is 36.8 Å². The van der Waals surface area contributed by atoms with Crippen LogP contribution in [0.5, 0.6) is 17.2 Å². The van der Waals surface area contributed by atoms with E-state index in [2.05, 4.69) is 0 Å². The third-order valence-electron chi connectivity index (χ3n) is 6.91. The van der Waals surface area contributed by atoms with Crippen LogP contribution < -0.4 is 14.2 Å². The maximum atomic E-state index is 12.7. The van der Waals surface area contributed by atoms with Crippen molar-refractivity contribution >= 4 is 12.1 Å². The molecule has 1 unspecified atom stereocenters. The van der Waals surface area contributed by atoms with E-state index in [1.54, 1.807) is 26.2 Å². The maximum absolute atomic E-state index is 12.7. The van der Waals surface area contributed by atoms with Gasteiger partial charge in [0.2, 0.25) is 5.75 Å². The standard InChI is InChI=1S/C27H41NO7/c1-31-23-18-20(19-24(32-2)25(23)33-3)12-6-5-11-17-34-26(29)22-15-9-10-16-28(22)27(30)35-21-13-7-4-8-14-21/h18-19,21-22H,4-17H2,1-3H3. The zero-order valence-corrected chi connectivity index (χ0v) is 21.5. The van der Waals surface area contributed by atoms with E-state index >= 15 is 0 Å². The Morgan fingerprint density at radius 3 is 2.20 bits per heavy atom. The lowest BCUT2D eigenvalue weighted by molar-refractivity contribution is -0.151. The van der Waals surface area contributed by atoms with Gasteiger partial charge in [-0.25, -0.2) is 9.59 Å². The minimum atomic E-state index is -0.529. The highest BCUT2D eigenvalue weighted by atomic mass is 16.6. The summed E-state index contributed by atoms with van der Waals surface area (Å²) >= 11 is 0. The molecule has 1 aromatic carbocycles. The molecule has 1 atom stereocenters. The molecule has 2 aliphatic rings. The van der Waals surface area contributed by atoms with Crippen molar-refractivity contribution in [3.05, 3.63) is 17.7 Å². The predicted molar refractivity (Wildman–Crippen MR) is 132 cm³/mol. The molecule has 1 heterocycles. The normalized spacial score (nSPS) is 18.6. The monoisotopic (exact) mass is 491 g/mol. The third kappa shape index (κ3) is 7.67. The van der Waals surface area contributed by atoms with Crippen LogP contribution in [0.25, 0.3) is 0 Å².